The Kier molecular flexibility index (Phi) is 4.52. The molecule has 130 valence electrons. The molecule has 4 aromatic rings. The molecule has 4 rings (SSSR count). The van der Waals surface area contributed by atoms with Crippen molar-refractivity contribution in [2.24, 2.45) is 0 Å². The molecular formula is C18H14BrN5OS. The van der Waals surface area contributed by atoms with E-state index in [1.54, 1.807) is 6.20 Å². The van der Waals surface area contributed by atoms with Gasteiger partial charge in [-0.1, -0.05) is 35.6 Å². The minimum Gasteiger partial charge on any atom is -0.334 e. The number of hydrogen-bond acceptors (Lipinski definition) is 5. The molecule has 1 N–H and O–H groups in total. The first-order chi connectivity index (χ1) is 12.6. The maximum atomic E-state index is 12.5. The zero-order valence-electron chi connectivity index (χ0n) is 13.8. The van der Waals surface area contributed by atoms with E-state index in [-0.39, 0.29) is 12.5 Å². The Morgan fingerprint density at radius 1 is 1.19 bits per heavy atom. The van der Waals surface area contributed by atoms with E-state index < -0.39 is 0 Å². The van der Waals surface area contributed by atoms with Crippen LogP contribution in [0.1, 0.15) is 5.69 Å². The molecule has 0 saturated heterocycles. The molecule has 0 atom stereocenters. The summed E-state index contributed by atoms with van der Waals surface area (Å²) in [6, 6.07) is 13.6. The van der Waals surface area contributed by atoms with Crippen LogP contribution in [0, 0.1) is 6.92 Å². The minimum absolute atomic E-state index is 0.148. The maximum Gasteiger partial charge on any atom is 0.246 e. The lowest BCUT2D eigenvalue weighted by Gasteiger charge is -2.07. The molecule has 0 aliphatic heterocycles. The number of nitrogens with zero attached hydrogens (tertiary/aromatic N) is 4. The van der Waals surface area contributed by atoms with Crippen molar-refractivity contribution < 1.29 is 4.79 Å². The molecule has 0 saturated carbocycles. The number of fused-ring (bicyclic) bond motifs is 1. The standard InChI is InChI=1S/C18H14BrN5OS/c1-11-16(19)12-6-2-3-8-14(12)24(11)10-15(25)21-18-23-22-17(26-18)13-7-4-5-9-20-13/h2-9H,10H2,1H3,(H,21,23,25). The highest BCUT2D eigenvalue weighted by Gasteiger charge is 2.15. The summed E-state index contributed by atoms with van der Waals surface area (Å²) in [5.41, 5.74) is 2.76. The molecule has 8 heteroatoms. The summed E-state index contributed by atoms with van der Waals surface area (Å²) in [5.74, 6) is -0.148. The highest BCUT2D eigenvalue weighted by atomic mass is 79.9. The Morgan fingerprint density at radius 3 is 2.81 bits per heavy atom. The number of benzene rings is 1. The van der Waals surface area contributed by atoms with Crippen LogP contribution in [-0.4, -0.2) is 25.7 Å². The first-order valence-corrected chi connectivity index (χ1v) is 9.52. The van der Waals surface area contributed by atoms with Crippen LogP contribution in [0.25, 0.3) is 21.6 Å². The van der Waals surface area contributed by atoms with Gasteiger partial charge in [-0.3, -0.25) is 15.1 Å². The third kappa shape index (κ3) is 3.13. The molecule has 1 amide bonds. The zero-order valence-corrected chi connectivity index (χ0v) is 16.2. The number of hydrogen-bond donors (Lipinski definition) is 1. The molecule has 0 spiro atoms. The van der Waals surface area contributed by atoms with Gasteiger partial charge >= 0.3 is 0 Å². The fraction of sp³-hybridized carbons (Fsp3) is 0.111. The van der Waals surface area contributed by atoms with Gasteiger partial charge in [-0.15, -0.1) is 10.2 Å². The summed E-state index contributed by atoms with van der Waals surface area (Å²) in [6.07, 6.45) is 1.70. The Labute approximate surface area is 162 Å². The van der Waals surface area contributed by atoms with Crippen LogP contribution < -0.4 is 5.32 Å². The molecule has 1 aromatic carbocycles. The van der Waals surface area contributed by atoms with E-state index >= 15 is 0 Å². The second-order valence-corrected chi connectivity index (χ2v) is 7.45. The SMILES string of the molecule is Cc1c(Br)c2ccccc2n1CC(=O)Nc1nnc(-c2ccccn2)s1. The van der Waals surface area contributed by atoms with E-state index in [1.807, 2.05) is 54.0 Å². The van der Waals surface area contributed by atoms with Crippen LogP contribution in [0.4, 0.5) is 5.13 Å². The summed E-state index contributed by atoms with van der Waals surface area (Å²) in [5, 5.41) is 13.2. The van der Waals surface area contributed by atoms with Crippen LogP contribution in [0.2, 0.25) is 0 Å². The lowest BCUT2D eigenvalue weighted by molar-refractivity contribution is -0.116. The predicted molar refractivity (Wildman–Crippen MR) is 106 cm³/mol. The normalized spacial score (nSPS) is 11.0. The van der Waals surface area contributed by atoms with Crippen molar-refractivity contribution in [3.05, 3.63) is 58.8 Å². The average Bonchev–Trinajstić information content (AvgIpc) is 3.22. The monoisotopic (exact) mass is 427 g/mol. The van der Waals surface area contributed by atoms with Crippen molar-refractivity contribution in [1.29, 1.82) is 0 Å². The second kappa shape index (κ2) is 6.97. The van der Waals surface area contributed by atoms with Gasteiger partial charge in [-0.2, -0.15) is 0 Å². The van der Waals surface area contributed by atoms with E-state index in [9.17, 15) is 4.79 Å². The quantitative estimate of drug-likeness (QED) is 0.527. The Morgan fingerprint density at radius 2 is 2.00 bits per heavy atom. The number of nitrogens with one attached hydrogen (secondary N) is 1. The molecule has 0 radical (unpaired) electrons. The van der Waals surface area contributed by atoms with Crippen molar-refractivity contribution in [1.82, 2.24) is 19.7 Å². The van der Waals surface area contributed by atoms with Gasteiger partial charge in [0.15, 0.2) is 5.01 Å². The van der Waals surface area contributed by atoms with Crippen molar-refractivity contribution >= 4 is 49.2 Å². The zero-order chi connectivity index (χ0) is 18.1. The second-order valence-electron chi connectivity index (χ2n) is 5.68. The first kappa shape index (κ1) is 16.9. The van der Waals surface area contributed by atoms with E-state index in [0.29, 0.717) is 10.1 Å². The number of carbonyl (C=O) groups is 1. The van der Waals surface area contributed by atoms with E-state index in [0.717, 1.165) is 26.8 Å². The molecule has 0 fully saturated rings. The third-order valence-electron chi connectivity index (χ3n) is 4.01. The fourth-order valence-corrected chi connectivity index (χ4v) is 4.05. The van der Waals surface area contributed by atoms with E-state index in [1.165, 1.54) is 11.3 Å². The van der Waals surface area contributed by atoms with Crippen molar-refractivity contribution in [2.75, 3.05) is 5.32 Å². The van der Waals surface area contributed by atoms with Crippen LogP contribution >= 0.6 is 27.3 Å². The van der Waals surface area contributed by atoms with Gasteiger partial charge in [0.2, 0.25) is 11.0 Å². The molecular weight excluding hydrogens is 414 g/mol. The number of halogens is 1. The van der Waals surface area contributed by atoms with Crippen LogP contribution in [0.15, 0.2) is 53.1 Å². The van der Waals surface area contributed by atoms with Crippen molar-refractivity contribution in [3.8, 4) is 10.7 Å². The number of pyridine rings is 1. The summed E-state index contributed by atoms with van der Waals surface area (Å²) >= 11 is 4.91. The lowest BCUT2D eigenvalue weighted by Crippen LogP contribution is -2.19. The summed E-state index contributed by atoms with van der Waals surface area (Å²) < 4.78 is 2.99. The van der Waals surface area contributed by atoms with Gasteiger partial charge < -0.3 is 4.57 Å². The fourth-order valence-electron chi connectivity index (χ4n) is 2.76. The van der Waals surface area contributed by atoms with Crippen LogP contribution in [0.3, 0.4) is 0 Å². The number of rotatable bonds is 4. The maximum absolute atomic E-state index is 12.5. The highest BCUT2D eigenvalue weighted by Crippen LogP contribution is 2.30. The van der Waals surface area contributed by atoms with Crippen molar-refractivity contribution in [3.63, 3.8) is 0 Å². The molecule has 26 heavy (non-hydrogen) atoms. The van der Waals surface area contributed by atoms with Gasteiger partial charge in [0, 0.05) is 27.3 Å². The van der Waals surface area contributed by atoms with E-state index in [2.05, 4.69) is 36.4 Å². The molecule has 0 aliphatic carbocycles. The summed E-state index contributed by atoms with van der Waals surface area (Å²) in [6.45, 7) is 2.19. The topological polar surface area (TPSA) is 72.7 Å². The number of carbonyl (C=O) groups excluding carboxylic acids is 1. The van der Waals surface area contributed by atoms with Gasteiger partial charge in [0.1, 0.15) is 12.2 Å². The molecule has 0 bridgehead atoms. The molecule has 0 unspecified atom stereocenters. The number of amides is 1. The van der Waals surface area contributed by atoms with Gasteiger partial charge in [-0.05, 0) is 41.1 Å². The van der Waals surface area contributed by atoms with Gasteiger partial charge in [-0.25, -0.2) is 0 Å². The van der Waals surface area contributed by atoms with Gasteiger partial charge in [0.25, 0.3) is 0 Å². The Bertz CT molecular complexity index is 1090. The number of aromatic nitrogens is 4. The summed E-state index contributed by atoms with van der Waals surface area (Å²) in [7, 11) is 0. The van der Waals surface area contributed by atoms with Crippen LogP contribution in [-0.2, 0) is 11.3 Å². The highest BCUT2D eigenvalue weighted by molar-refractivity contribution is 9.10. The minimum atomic E-state index is -0.148. The van der Waals surface area contributed by atoms with Gasteiger partial charge in [0.05, 0.1) is 0 Å². The smallest absolute Gasteiger partial charge is 0.246 e. The molecule has 3 heterocycles. The molecule has 3 aromatic heterocycles. The van der Waals surface area contributed by atoms with E-state index in [4.69, 9.17) is 0 Å². The predicted octanol–water partition coefficient (Wildman–Crippen LogP) is 4.26. The largest absolute Gasteiger partial charge is 0.334 e. The van der Waals surface area contributed by atoms with Crippen molar-refractivity contribution in [2.45, 2.75) is 13.5 Å². The third-order valence-corrected chi connectivity index (χ3v) is 5.87. The molecule has 0 aliphatic rings. The summed E-state index contributed by atoms with van der Waals surface area (Å²) in [4.78, 5) is 16.8. The Hall–Kier alpha value is -2.58. The molecule has 6 nitrogen and oxygen atoms in total. The average molecular weight is 428 g/mol. The Balaban J connectivity index is 1.54. The number of para-hydroxylation sites is 1. The lowest BCUT2D eigenvalue weighted by atomic mass is 10.2. The first-order valence-electron chi connectivity index (χ1n) is 7.91. The number of anilines is 1. The van der Waals surface area contributed by atoms with Crippen LogP contribution in [0.5, 0.6) is 0 Å².